The maximum atomic E-state index is 12.1. The van der Waals surface area contributed by atoms with Crippen molar-refractivity contribution in [3.05, 3.63) is 70.4 Å². The van der Waals surface area contributed by atoms with Gasteiger partial charge in [-0.25, -0.2) is 0 Å². The molecule has 0 fully saturated rings. The zero-order chi connectivity index (χ0) is 14.7. The molecule has 0 bridgehead atoms. The number of nitrogens with one attached hydrogen (secondary N) is 1. The minimum absolute atomic E-state index is 0.186. The van der Waals surface area contributed by atoms with Gasteiger partial charge in [0.1, 0.15) is 5.58 Å². The van der Waals surface area contributed by atoms with Gasteiger partial charge in [0.25, 0.3) is 5.91 Å². The topological polar surface area (TPSA) is 42.2 Å². The first-order chi connectivity index (χ1) is 10.2. The number of halogens is 1. The Morgan fingerprint density at radius 2 is 1.90 bits per heavy atom. The van der Waals surface area contributed by atoms with Gasteiger partial charge in [0.15, 0.2) is 5.76 Å². The van der Waals surface area contributed by atoms with Gasteiger partial charge in [0.2, 0.25) is 0 Å². The van der Waals surface area contributed by atoms with Crippen LogP contribution in [0.15, 0.2) is 63.5 Å². The second kappa shape index (κ2) is 6.14. The van der Waals surface area contributed by atoms with E-state index in [-0.39, 0.29) is 5.91 Å². The third-order valence-electron chi connectivity index (χ3n) is 3.27. The summed E-state index contributed by atoms with van der Waals surface area (Å²) in [4.78, 5) is 12.1. The van der Waals surface area contributed by atoms with Crippen molar-refractivity contribution in [1.29, 1.82) is 0 Å². The Morgan fingerprint density at radius 3 is 2.67 bits per heavy atom. The van der Waals surface area contributed by atoms with Crippen LogP contribution in [0.3, 0.4) is 0 Å². The smallest absolute Gasteiger partial charge is 0.287 e. The Balaban J connectivity index is 1.65. The van der Waals surface area contributed by atoms with Crippen molar-refractivity contribution in [3.8, 4) is 0 Å². The third kappa shape index (κ3) is 3.16. The van der Waals surface area contributed by atoms with Crippen molar-refractivity contribution in [1.82, 2.24) is 5.32 Å². The van der Waals surface area contributed by atoms with Crippen molar-refractivity contribution < 1.29 is 9.21 Å². The van der Waals surface area contributed by atoms with Crippen LogP contribution in [-0.4, -0.2) is 12.5 Å². The first-order valence-electron chi connectivity index (χ1n) is 6.74. The Hall–Kier alpha value is -2.07. The van der Waals surface area contributed by atoms with Gasteiger partial charge in [-0.1, -0.05) is 52.3 Å². The van der Waals surface area contributed by atoms with Gasteiger partial charge in [-0.3, -0.25) is 4.79 Å². The highest BCUT2D eigenvalue weighted by Crippen LogP contribution is 2.26. The summed E-state index contributed by atoms with van der Waals surface area (Å²) < 4.78 is 6.49. The van der Waals surface area contributed by atoms with Crippen LogP contribution in [0.2, 0.25) is 0 Å². The minimum atomic E-state index is -0.186. The van der Waals surface area contributed by atoms with Gasteiger partial charge in [0.05, 0.1) is 0 Å². The number of benzene rings is 2. The van der Waals surface area contributed by atoms with E-state index in [9.17, 15) is 4.79 Å². The van der Waals surface area contributed by atoms with Crippen LogP contribution in [0.25, 0.3) is 11.0 Å². The molecule has 0 atom stereocenters. The molecule has 106 valence electrons. The Bertz CT molecular complexity index is 765. The molecule has 0 saturated carbocycles. The predicted molar refractivity (Wildman–Crippen MR) is 86.4 cm³/mol. The van der Waals surface area contributed by atoms with Gasteiger partial charge in [-0.2, -0.15) is 0 Å². The van der Waals surface area contributed by atoms with E-state index in [1.807, 2.05) is 48.5 Å². The maximum Gasteiger partial charge on any atom is 0.287 e. The number of hydrogen-bond donors (Lipinski definition) is 1. The lowest BCUT2D eigenvalue weighted by molar-refractivity contribution is 0.0928. The molecule has 0 radical (unpaired) electrons. The van der Waals surface area contributed by atoms with Gasteiger partial charge < -0.3 is 9.73 Å². The van der Waals surface area contributed by atoms with Crippen molar-refractivity contribution in [2.45, 2.75) is 6.42 Å². The monoisotopic (exact) mass is 343 g/mol. The normalized spacial score (nSPS) is 10.7. The molecule has 1 amide bonds. The maximum absolute atomic E-state index is 12.1. The zero-order valence-corrected chi connectivity index (χ0v) is 12.9. The molecule has 1 heterocycles. The number of hydrogen-bond acceptors (Lipinski definition) is 2. The SMILES string of the molecule is O=C(NCCc1ccccc1)c1cc2c(Br)cccc2o1. The molecule has 3 rings (SSSR count). The van der Waals surface area contributed by atoms with Crippen LogP contribution >= 0.6 is 15.9 Å². The molecular weight excluding hydrogens is 330 g/mol. The first-order valence-corrected chi connectivity index (χ1v) is 7.53. The van der Waals surface area contributed by atoms with E-state index in [1.165, 1.54) is 5.56 Å². The Morgan fingerprint density at radius 1 is 1.10 bits per heavy atom. The average Bonchev–Trinajstić information content (AvgIpc) is 2.94. The quantitative estimate of drug-likeness (QED) is 0.772. The van der Waals surface area contributed by atoms with E-state index in [2.05, 4.69) is 21.2 Å². The Labute approximate surface area is 131 Å². The molecule has 3 nitrogen and oxygen atoms in total. The van der Waals surface area contributed by atoms with Crippen molar-refractivity contribution in [2.75, 3.05) is 6.54 Å². The molecule has 3 aromatic rings. The standard InChI is InChI=1S/C17H14BrNO2/c18-14-7-4-8-15-13(14)11-16(21-15)17(20)19-10-9-12-5-2-1-3-6-12/h1-8,11H,9-10H2,(H,19,20). The fourth-order valence-corrected chi connectivity index (χ4v) is 2.65. The van der Waals surface area contributed by atoms with Crippen LogP contribution in [0.4, 0.5) is 0 Å². The van der Waals surface area contributed by atoms with E-state index < -0.39 is 0 Å². The lowest BCUT2D eigenvalue weighted by Crippen LogP contribution is -2.25. The predicted octanol–water partition coefficient (Wildman–Crippen LogP) is 4.17. The van der Waals surface area contributed by atoms with E-state index in [0.717, 1.165) is 16.3 Å². The van der Waals surface area contributed by atoms with Crippen molar-refractivity contribution >= 4 is 32.8 Å². The first kappa shape index (κ1) is 13.9. The van der Waals surface area contributed by atoms with Crippen molar-refractivity contribution in [2.24, 2.45) is 0 Å². The summed E-state index contributed by atoms with van der Waals surface area (Å²) in [5, 5.41) is 3.79. The second-order valence-corrected chi connectivity index (χ2v) is 5.61. The highest BCUT2D eigenvalue weighted by atomic mass is 79.9. The minimum Gasteiger partial charge on any atom is -0.451 e. The molecule has 21 heavy (non-hydrogen) atoms. The fourth-order valence-electron chi connectivity index (χ4n) is 2.19. The van der Waals surface area contributed by atoms with E-state index in [1.54, 1.807) is 6.07 Å². The van der Waals surface area contributed by atoms with E-state index in [0.29, 0.717) is 17.9 Å². The zero-order valence-electron chi connectivity index (χ0n) is 11.3. The summed E-state index contributed by atoms with van der Waals surface area (Å²) in [6, 6.07) is 17.5. The van der Waals surface area contributed by atoms with E-state index >= 15 is 0 Å². The number of furan rings is 1. The molecule has 0 unspecified atom stereocenters. The highest BCUT2D eigenvalue weighted by molar-refractivity contribution is 9.10. The van der Waals surface area contributed by atoms with Crippen molar-refractivity contribution in [3.63, 3.8) is 0 Å². The number of carbonyl (C=O) groups excluding carboxylic acids is 1. The molecule has 1 N–H and O–H groups in total. The largest absolute Gasteiger partial charge is 0.451 e. The van der Waals surface area contributed by atoms with Gasteiger partial charge in [-0.05, 0) is 30.2 Å². The molecule has 0 aliphatic rings. The molecule has 2 aromatic carbocycles. The highest BCUT2D eigenvalue weighted by Gasteiger charge is 2.13. The molecule has 1 aromatic heterocycles. The van der Waals surface area contributed by atoms with Crippen LogP contribution in [0.1, 0.15) is 16.1 Å². The number of rotatable bonds is 4. The molecule has 0 aliphatic heterocycles. The molecular formula is C17H14BrNO2. The summed E-state index contributed by atoms with van der Waals surface area (Å²) in [7, 11) is 0. The van der Waals surface area contributed by atoms with Crippen LogP contribution < -0.4 is 5.32 Å². The van der Waals surface area contributed by atoms with Gasteiger partial charge in [-0.15, -0.1) is 0 Å². The number of carbonyl (C=O) groups is 1. The number of amides is 1. The van der Waals surface area contributed by atoms with Crippen LogP contribution in [0.5, 0.6) is 0 Å². The van der Waals surface area contributed by atoms with Crippen LogP contribution in [-0.2, 0) is 6.42 Å². The number of fused-ring (bicyclic) bond motifs is 1. The average molecular weight is 344 g/mol. The van der Waals surface area contributed by atoms with Gasteiger partial charge >= 0.3 is 0 Å². The second-order valence-electron chi connectivity index (χ2n) is 4.75. The van der Waals surface area contributed by atoms with Crippen LogP contribution in [0, 0.1) is 0 Å². The molecule has 0 spiro atoms. The summed E-state index contributed by atoms with van der Waals surface area (Å²) in [6.45, 7) is 0.584. The summed E-state index contributed by atoms with van der Waals surface area (Å²) in [5.74, 6) is 0.152. The van der Waals surface area contributed by atoms with E-state index in [4.69, 9.17) is 4.42 Å². The summed E-state index contributed by atoms with van der Waals surface area (Å²) in [6.07, 6.45) is 0.802. The van der Waals surface area contributed by atoms with Gasteiger partial charge in [0, 0.05) is 16.4 Å². The third-order valence-corrected chi connectivity index (χ3v) is 3.97. The summed E-state index contributed by atoms with van der Waals surface area (Å²) >= 11 is 3.45. The Kier molecular flexibility index (Phi) is 4.06. The molecule has 4 heteroatoms. The lowest BCUT2D eigenvalue weighted by Gasteiger charge is -2.03. The fraction of sp³-hybridized carbons (Fsp3) is 0.118. The molecule has 0 saturated heterocycles. The molecule has 0 aliphatic carbocycles. The lowest BCUT2D eigenvalue weighted by atomic mass is 10.1. The summed E-state index contributed by atoms with van der Waals surface area (Å²) in [5.41, 5.74) is 1.91.